The van der Waals surface area contributed by atoms with Gasteiger partial charge in [-0.05, 0) is 31.8 Å². The summed E-state index contributed by atoms with van der Waals surface area (Å²) in [6, 6.07) is 1.81. The molecule has 0 aliphatic rings. The third kappa shape index (κ3) is 8.08. The van der Waals surface area contributed by atoms with Crippen molar-refractivity contribution in [2.75, 3.05) is 35.9 Å². The van der Waals surface area contributed by atoms with Crippen LogP contribution in [0.1, 0.15) is 38.4 Å². The van der Waals surface area contributed by atoms with Crippen LogP contribution in [0.3, 0.4) is 0 Å². The third-order valence-electron chi connectivity index (χ3n) is 2.94. The number of hydrogen-bond donors (Lipinski definition) is 3. The lowest BCUT2D eigenvalue weighted by atomic mass is 10.2. The lowest BCUT2D eigenvalue weighted by Crippen LogP contribution is -2.13. The highest BCUT2D eigenvalue weighted by Crippen LogP contribution is 2.12. The van der Waals surface area contributed by atoms with Crippen molar-refractivity contribution in [3.63, 3.8) is 0 Å². The van der Waals surface area contributed by atoms with Crippen LogP contribution in [0, 0.1) is 0 Å². The molecule has 120 valence electrons. The highest BCUT2D eigenvalue weighted by Gasteiger charge is 2.04. The molecule has 4 N–H and O–H groups in total. The number of thioether (sulfide) groups is 1. The van der Waals surface area contributed by atoms with Crippen LogP contribution in [0.15, 0.2) is 6.07 Å². The minimum absolute atomic E-state index is 0.398. The Bertz CT molecular complexity index is 392. The quantitative estimate of drug-likeness (QED) is 0.311. The number of nitrogens with one attached hydrogen (secondary N) is 2. The number of anilines is 2. The Hall–Kier alpha value is -1.05. The zero-order valence-electron chi connectivity index (χ0n) is 13.0. The van der Waals surface area contributed by atoms with Crippen molar-refractivity contribution < 1.29 is 4.74 Å². The van der Waals surface area contributed by atoms with Crippen LogP contribution < -0.4 is 16.6 Å². The predicted molar refractivity (Wildman–Crippen MR) is 90.5 cm³/mol. The van der Waals surface area contributed by atoms with Gasteiger partial charge in [0.2, 0.25) is 0 Å². The van der Waals surface area contributed by atoms with E-state index in [0.29, 0.717) is 24.9 Å². The summed E-state index contributed by atoms with van der Waals surface area (Å²) < 4.78 is 5.33. The molecule has 0 fully saturated rings. The van der Waals surface area contributed by atoms with E-state index in [0.717, 1.165) is 18.8 Å². The summed E-state index contributed by atoms with van der Waals surface area (Å²) in [5.74, 6) is 8.71. The molecule has 0 spiro atoms. The molecule has 1 aromatic heterocycles. The topological polar surface area (TPSA) is 85.1 Å². The van der Waals surface area contributed by atoms with Crippen molar-refractivity contribution in [3.8, 4) is 0 Å². The van der Waals surface area contributed by atoms with Gasteiger partial charge in [-0.2, -0.15) is 11.8 Å². The molecule has 0 aromatic carbocycles. The molecule has 0 bridgehead atoms. The van der Waals surface area contributed by atoms with Gasteiger partial charge in [-0.15, -0.1) is 0 Å². The highest BCUT2D eigenvalue weighted by atomic mass is 32.2. The number of nitrogens with two attached hydrogens (primary N) is 1. The van der Waals surface area contributed by atoms with Crippen LogP contribution >= 0.6 is 11.8 Å². The summed E-state index contributed by atoms with van der Waals surface area (Å²) in [6.45, 7) is 3.90. The summed E-state index contributed by atoms with van der Waals surface area (Å²) in [4.78, 5) is 8.67. The number of nitrogen functional groups attached to an aromatic ring is 1. The third-order valence-corrected chi connectivity index (χ3v) is 3.63. The van der Waals surface area contributed by atoms with Gasteiger partial charge in [-0.3, -0.25) is 0 Å². The van der Waals surface area contributed by atoms with E-state index in [9.17, 15) is 0 Å². The van der Waals surface area contributed by atoms with E-state index in [2.05, 4.69) is 27.0 Å². The average molecular weight is 313 g/mol. The van der Waals surface area contributed by atoms with Crippen molar-refractivity contribution in [1.82, 2.24) is 9.97 Å². The van der Waals surface area contributed by atoms with E-state index in [1.807, 2.05) is 24.8 Å². The van der Waals surface area contributed by atoms with Crippen LogP contribution in [-0.4, -0.2) is 35.1 Å². The number of hydrazine groups is 1. The van der Waals surface area contributed by atoms with Gasteiger partial charge in [0, 0.05) is 19.2 Å². The maximum absolute atomic E-state index is 5.43. The molecular formula is C14H27N5OS. The molecule has 1 aromatic rings. The lowest BCUT2D eigenvalue weighted by Gasteiger charge is -2.09. The second-order valence-electron chi connectivity index (χ2n) is 4.67. The van der Waals surface area contributed by atoms with E-state index in [1.165, 1.54) is 25.0 Å². The number of ether oxygens (including phenoxy) is 1. The van der Waals surface area contributed by atoms with Crippen LogP contribution in [0.5, 0.6) is 0 Å². The Morgan fingerprint density at radius 1 is 1.19 bits per heavy atom. The number of hydrogen-bond acceptors (Lipinski definition) is 7. The van der Waals surface area contributed by atoms with E-state index < -0.39 is 0 Å². The first-order valence-electron chi connectivity index (χ1n) is 7.45. The van der Waals surface area contributed by atoms with Crippen molar-refractivity contribution in [3.05, 3.63) is 11.9 Å². The molecule has 0 amide bonds. The van der Waals surface area contributed by atoms with E-state index >= 15 is 0 Å². The fourth-order valence-electron chi connectivity index (χ4n) is 1.86. The smallest absolute Gasteiger partial charge is 0.158 e. The first-order chi connectivity index (χ1) is 10.3. The van der Waals surface area contributed by atoms with Gasteiger partial charge in [-0.1, -0.05) is 12.8 Å². The van der Waals surface area contributed by atoms with Crippen LogP contribution in [-0.2, 0) is 11.3 Å². The SMILES string of the molecule is CCOCc1nc(NN)cc(NCCCCCCSC)n1. The Morgan fingerprint density at radius 2 is 1.95 bits per heavy atom. The Kier molecular flexibility index (Phi) is 9.94. The van der Waals surface area contributed by atoms with Crippen LogP contribution in [0.2, 0.25) is 0 Å². The van der Waals surface area contributed by atoms with E-state index in [4.69, 9.17) is 10.6 Å². The maximum Gasteiger partial charge on any atom is 0.158 e. The molecule has 7 heteroatoms. The molecule has 0 aliphatic carbocycles. The van der Waals surface area contributed by atoms with Crippen LogP contribution in [0.25, 0.3) is 0 Å². The number of unbranched alkanes of at least 4 members (excludes halogenated alkanes) is 3. The van der Waals surface area contributed by atoms with Crippen molar-refractivity contribution in [1.29, 1.82) is 0 Å². The molecule has 0 saturated heterocycles. The summed E-state index contributed by atoms with van der Waals surface area (Å²) in [6.07, 6.45) is 7.13. The Balaban J connectivity index is 2.35. The average Bonchev–Trinajstić information content (AvgIpc) is 2.51. The number of aromatic nitrogens is 2. The molecule has 6 nitrogen and oxygen atoms in total. The largest absolute Gasteiger partial charge is 0.374 e. The normalized spacial score (nSPS) is 10.6. The second-order valence-corrected chi connectivity index (χ2v) is 5.66. The van der Waals surface area contributed by atoms with Gasteiger partial charge < -0.3 is 15.5 Å². The summed E-state index contributed by atoms with van der Waals surface area (Å²) in [5, 5.41) is 3.32. The zero-order valence-corrected chi connectivity index (χ0v) is 13.8. The summed E-state index contributed by atoms with van der Waals surface area (Å²) >= 11 is 1.91. The first-order valence-corrected chi connectivity index (χ1v) is 8.84. The predicted octanol–water partition coefficient (Wildman–Crippen LogP) is 2.63. The van der Waals surface area contributed by atoms with Gasteiger partial charge in [0.25, 0.3) is 0 Å². The fourth-order valence-corrected chi connectivity index (χ4v) is 2.35. The van der Waals surface area contributed by atoms with E-state index in [1.54, 1.807) is 0 Å². The molecule has 21 heavy (non-hydrogen) atoms. The van der Waals surface area contributed by atoms with Crippen molar-refractivity contribution >= 4 is 23.4 Å². The Morgan fingerprint density at radius 3 is 2.67 bits per heavy atom. The molecule has 0 radical (unpaired) electrons. The minimum atomic E-state index is 0.398. The molecular weight excluding hydrogens is 286 g/mol. The summed E-state index contributed by atoms with van der Waals surface area (Å²) in [7, 11) is 0. The maximum atomic E-state index is 5.43. The van der Waals surface area contributed by atoms with Gasteiger partial charge in [0.15, 0.2) is 5.82 Å². The minimum Gasteiger partial charge on any atom is -0.374 e. The molecule has 0 unspecified atom stereocenters. The lowest BCUT2D eigenvalue weighted by molar-refractivity contribution is 0.128. The first kappa shape index (κ1) is 18.0. The van der Waals surface area contributed by atoms with Crippen LogP contribution in [0.4, 0.5) is 11.6 Å². The molecule has 1 heterocycles. The number of nitrogens with zero attached hydrogens (tertiary/aromatic N) is 2. The fraction of sp³-hybridized carbons (Fsp3) is 0.714. The Labute approximate surface area is 131 Å². The highest BCUT2D eigenvalue weighted by molar-refractivity contribution is 7.98. The van der Waals surface area contributed by atoms with Crippen molar-refractivity contribution in [2.45, 2.75) is 39.2 Å². The molecule has 0 aliphatic heterocycles. The van der Waals surface area contributed by atoms with Gasteiger partial charge in [-0.25, -0.2) is 15.8 Å². The van der Waals surface area contributed by atoms with Crippen molar-refractivity contribution in [2.24, 2.45) is 5.84 Å². The summed E-state index contributed by atoms with van der Waals surface area (Å²) in [5.41, 5.74) is 2.56. The van der Waals surface area contributed by atoms with Gasteiger partial charge in [0.05, 0.1) is 0 Å². The molecule has 0 atom stereocenters. The van der Waals surface area contributed by atoms with Gasteiger partial charge >= 0.3 is 0 Å². The molecule has 0 saturated carbocycles. The second kappa shape index (κ2) is 11.6. The molecule has 1 rings (SSSR count). The number of rotatable bonds is 12. The van der Waals surface area contributed by atoms with Gasteiger partial charge in [0.1, 0.15) is 18.2 Å². The standard InChI is InChI=1S/C14H27N5OS/c1-3-20-11-14-17-12(10-13(18-14)19-15)16-8-6-4-5-7-9-21-2/h10H,3-9,11,15H2,1-2H3,(H2,16,17,18,19). The zero-order chi connectivity index (χ0) is 15.3. The monoisotopic (exact) mass is 313 g/mol. The van der Waals surface area contributed by atoms with E-state index in [-0.39, 0.29) is 0 Å².